The van der Waals surface area contributed by atoms with Crippen molar-refractivity contribution >= 4 is 0 Å². The molecule has 0 atom stereocenters. The van der Waals surface area contributed by atoms with E-state index in [2.05, 4.69) is 13.8 Å². The van der Waals surface area contributed by atoms with Gasteiger partial charge >= 0.3 is 0 Å². The summed E-state index contributed by atoms with van der Waals surface area (Å²) >= 11 is 0. The van der Waals surface area contributed by atoms with Crippen LogP contribution in [0.3, 0.4) is 0 Å². The van der Waals surface area contributed by atoms with E-state index in [0.717, 1.165) is 38.4 Å². The second-order valence-electron chi connectivity index (χ2n) is 7.68. The molecule has 4 nitrogen and oxygen atoms in total. The maximum atomic E-state index is 9.05. The number of ether oxygens (including phenoxy) is 1. The largest absolute Gasteiger partial charge is 0.396 e. The van der Waals surface area contributed by atoms with Gasteiger partial charge in [-0.1, -0.05) is 58.8 Å². The maximum absolute atomic E-state index is 9.05. The first-order chi connectivity index (χ1) is 11.5. The zero-order valence-electron chi connectivity index (χ0n) is 16.3. The molecule has 0 aliphatic rings. The van der Waals surface area contributed by atoms with E-state index in [9.17, 15) is 0 Å². The minimum atomic E-state index is -0.442. The fourth-order valence-corrected chi connectivity index (χ4v) is 3.09. The third-order valence-electron chi connectivity index (χ3n) is 4.75. The molecule has 146 valence electrons. The number of aliphatic hydroxyl groups is 2. The van der Waals surface area contributed by atoms with Crippen LogP contribution in [-0.2, 0) is 4.74 Å². The van der Waals surface area contributed by atoms with E-state index in [4.69, 9.17) is 20.7 Å². The van der Waals surface area contributed by atoms with Crippen molar-refractivity contribution in [1.82, 2.24) is 0 Å². The molecule has 0 aliphatic heterocycles. The van der Waals surface area contributed by atoms with Crippen molar-refractivity contribution in [2.24, 2.45) is 11.7 Å². The molecule has 0 spiro atoms. The van der Waals surface area contributed by atoms with Crippen LogP contribution in [0.1, 0.15) is 90.9 Å². The van der Waals surface area contributed by atoms with Gasteiger partial charge in [-0.2, -0.15) is 0 Å². The van der Waals surface area contributed by atoms with E-state index < -0.39 is 5.54 Å². The van der Waals surface area contributed by atoms with Gasteiger partial charge in [-0.05, 0) is 38.0 Å². The van der Waals surface area contributed by atoms with E-state index in [-0.39, 0.29) is 13.2 Å². The Morgan fingerprint density at radius 2 is 1.25 bits per heavy atom. The van der Waals surface area contributed by atoms with Gasteiger partial charge in [0.2, 0.25) is 0 Å². The van der Waals surface area contributed by atoms with Gasteiger partial charge in [0.15, 0.2) is 0 Å². The van der Waals surface area contributed by atoms with Crippen molar-refractivity contribution in [3.05, 3.63) is 0 Å². The summed E-state index contributed by atoms with van der Waals surface area (Å²) in [6, 6.07) is 0. The van der Waals surface area contributed by atoms with Gasteiger partial charge in [0.05, 0.1) is 0 Å². The van der Waals surface area contributed by atoms with Crippen LogP contribution in [0.5, 0.6) is 0 Å². The number of hydrogen-bond acceptors (Lipinski definition) is 4. The Labute approximate surface area is 150 Å². The molecule has 0 bridgehead atoms. The van der Waals surface area contributed by atoms with Crippen LogP contribution < -0.4 is 5.73 Å². The molecule has 0 amide bonds. The van der Waals surface area contributed by atoms with E-state index >= 15 is 0 Å². The molecule has 24 heavy (non-hydrogen) atoms. The predicted molar refractivity (Wildman–Crippen MR) is 102 cm³/mol. The summed E-state index contributed by atoms with van der Waals surface area (Å²) in [6.07, 6.45) is 13.4. The van der Waals surface area contributed by atoms with E-state index in [1.807, 2.05) is 0 Å². The van der Waals surface area contributed by atoms with Crippen LogP contribution >= 0.6 is 0 Å². The molecule has 0 aromatic rings. The normalized spacial score (nSPS) is 12.2. The van der Waals surface area contributed by atoms with Crippen molar-refractivity contribution in [3.8, 4) is 0 Å². The molecule has 0 aromatic heterocycles. The van der Waals surface area contributed by atoms with Crippen molar-refractivity contribution in [3.63, 3.8) is 0 Å². The molecule has 0 unspecified atom stereocenters. The van der Waals surface area contributed by atoms with Crippen molar-refractivity contribution in [2.45, 2.75) is 96.4 Å². The summed E-state index contributed by atoms with van der Waals surface area (Å²) in [5, 5.41) is 18.1. The fraction of sp³-hybridized carbons (Fsp3) is 1.00. The molecule has 4 N–H and O–H groups in total. The Balaban J connectivity index is 3.33. The number of unbranched alkanes of at least 4 members (excludes halogenated alkanes) is 6. The summed E-state index contributed by atoms with van der Waals surface area (Å²) in [5.74, 6) is 0.846. The van der Waals surface area contributed by atoms with Gasteiger partial charge in [0, 0.05) is 32.0 Å². The Kier molecular flexibility index (Phi) is 16.2. The summed E-state index contributed by atoms with van der Waals surface area (Å²) in [7, 11) is 0. The highest BCUT2D eigenvalue weighted by Crippen LogP contribution is 2.18. The lowest BCUT2D eigenvalue weighted by molar-refractivity contribution is 0.113. The molecular formula is C20H43NO3. The number of aliphatic hydroxyl groups excluding tert-OH is 2. The molecule has 0 radical (unpaired) electrons. The first-order valence-corrected chi connectivity index (χ1v) is 10.1. The third kappa shape index (κ3) is 15.4. The van der Waals surface area contributed by atoms with Gasteiger partial charge in [0.1, 0.15) is 0 Å². The molecular weight excluding hydrogens is 302 g/mol. The molecule has 0 saturated heterocycles. The Morgan fingerprint density at radius 1 is 0.750 bits per heavy atom. The van der Waals surface area contributed by atoms with Crippen LogP contribution in [0, 0.1) is 5.92 Å². The van der Waals surface area contributed by atoms with Crippen LogP contribution in [0.2, 0.25) is 0 Å². The molecule has 0 aromatic carbocycles. The molecule has 0 aliphatic carbocycles. The summed E-state index contributed by atoms with van der Waals surface area (Å²) < 4.78 is 5.68. The average molecular weight is 346 g/mol. The summed E-state index contributed by atoms with van der Waals surface area (Å²) in [5.41, 5.74) is 5.75. The lowest BCUT2D eigenvalue weighted by Gasteiger charge is -2.28. The minimum Gasteiger partial charge on any atom is -0.396 e. The molecule has 0 rings (SSSR count). The minimum absolute atomic E-state index is 0.0782. The maximum Gasteiger partial charge on any atom is 0.0466 e. The summed E-state index contributed by atoms with van der Waals surface area (Å²) in [6.45, 7) is 6.32. The van der Waals surface area contributed by atoms with Gasteiger partial charge in [0.25, 0.3) is 0 Å². The second kappa shape index (κ2) is 16.3. The van der Waals surface area contributed by atoms with Gasteiger partial charge in [-0.25, -0.2) is 0 Å². The highest BCUT2D eigenvalue weighted by Gasteiger charge is 2.22. The molecule has 0 fully saturated rings. The van der Waals surface area contributed by atoms with Crippen molar-refractivity contribution in [2.75, 3.05) is 26.4 Å². The molecule has 0 saturated carbocycles. The second-order valence-corrected chi connectivity index (χ2v) is 7.68. The van der Waals surface area contributed by atoms with Gasteiger partial charge < -0.3 is 20.7 Å². The Bertz CT molecular complexity index is 253. The standard InChI is InChI=1S/C20H43NO3/c1-19(2)11-8-6-4-3-5-7-9-17-24-18-10-12-20(21,13-15-22)14-16-23/h19,22-23H,3-18,21H2,1-2H3. The van der Waals surface area contributed by atoms with Crippen LogP contribution in [0.25, 0.3) is 0 Å². The lowest BCUT2D eigenvalue weighted by Crippen LogP contribution is -2.41. The summed E-state index contributed by atoms with van der Waals surface area (Å²) in [4.78, 5) is 0. The van der Waals surface area contributed by atoms with Crippen LogP contribution in [0.4, 0.5) is 0 Å². The highest BCUT2D eigenvalue weighted by atomic mass is 16.5. The van der Waals surface area contributed by atoms with Crippen LogP contribution in [-0.4, -0.2) is 42.2 Å². The predicted octanol–water partition coefficient (Wildman–Crippen LogP) is 4.02. The number of hydrogen-bond donors (Lipinski definition) is 3. The average Bonchev–Trinajstić information content (AvgIpc) is 2.52. The lowest BCUT2D eigenvalue weighted by atomic mass is 9.88. The Hall–Kier alpha value is -0.160. The highest BCUT2D eigenvalue weighted by molar-refractivity contribution is 4.83. The molecule has 0 heterocycles. The topological polar surface area (TPSA) is 75.7 Å². The fourth-order valence-electron chi connectivity index (χ4n) is 3.09. The quantitative estimate of drug-likeness (QED) is 0.328. The zero-order chi connectivity index (χ0) is 18.1. The zero-order valence-corrected chi connectivity index (χ0v) is 16.3. The molecule has 4 heteroatoms. The van der Waals surface area contributed by atoms with Gasteiger partial charge in [-0.3, -0.25) is 0 Å². The van der Waals surface area contributed by atoms with E-state index in [1.165, 1.54) is 44.9 Å². The van der Waals surface area contributed by atoms with E-state index in [0.29, 0.717) is 12.8 Å². The Morgan fingerprint density at radius 3 is 1.79 bits per heavy atom. The van der Waals surface area contributed by atoms with E-state index in [1.54, 1.807) is 0 Å². The first kappa shape index (κ1) is 23.8. The number of nitrogens with two attached hydrogens (primary N) is 1. The van der Waals surface area contributed by atoms with Crippen molar-refractivity contribution < 1.29 is 14.9 Å². The van der Waals surface area contributed by atoms with Crippen LogP contribution in [0.15, 0.2) is 0 Å². The smallest absolute Gasteiger partial charge is 0.0466 e. The third-order valence-corrected chi connectivity index (χ3v) is 4.75. The first-order valence-electron chi connectivity index (χ1n) is 10.1. The monoisotopic (exact) mass is 345 g/mol. The number of rotatable bonds is 18. The SMILES string of the molecule is CC(C)CCCCCCCCCOCCCC(N)(CCO)CCO. The van der Waals surface area contributed by atoms with Gasteiger partial charge in [-0.15, -0.1) is 0 Å². The van der Waals surface area contributed by atoms with Crippen molar-refractivity contribution in [1.29, 1.82) is 0 Å².